The number of ketones is 1. The van der Waals surface area contributed by atoms with Gasteiger partial charge in [-0.1, -0.05) is 12.8 Å². The van der Waals surface area contributed by atoms with Crippen molar-refractivity contribution >= 4 is 23.5 Å². The minimum absolute atomic E-state index is 0.105. The number of halogens is 4. The molecule has 1 aromatic carbocycles. The molecule has 0 radical (unpaired) electrons. The molecule has 1 aromatic heterocycles. The molecule has 4 N–H and O–H groups in total. The number of rotatable bonds is 12. The fourth-order valence-electron chi connectivity index (χ4n) is 4.64. The fourth-order valence-corrected chi connectivity index (χ4v) is 4.64. The van der Waals surface area contributed by atoms with Crippen LogP contribution in [0.25, 0.3) is 11.3 Å². The maximum absolute atomic E-state index is 13.7. The van der Waals surface area contributed by atoms with E-state index in [0.29, 0.717) is 18.5 Å². The summed E-state index contributed by atoms with van der Waals surface area (Å²) < 4.78 is 56.4. The summed E-state index contributed by atoms with van der Waals surface area (Å²) in [5.74, 6) is -4.51. The van der Waals surface area contributed by atoms with Crippen molar-refractivity contribution in [3.05, 3.63) is 42.1 Å². The van der Waals surface area contributed by atoms with Gasteiger partial charge in [0.2, 0.25) is 11.8 Å². The third-order valence-electron chi connectivity index (χ3n) is 6.79. The molecule has 39 heavy (non-hydrogen) atoms. The van der Waals surface area contributed by atoms with Crippen molar-refractivity contribution < 1.29 is 41.5 Å². The molecule has 0 bridgehead atoms. The molecular formula is C25H27F4N5O5. The summed E-state index contributed by atoms with van der Waals surface area (Å²) in [7, 11) is 0. The van der Waals surface area contributed by atoms with Gasteiger partial charge in [0.1, 0.15) is 18.5 Å². The van der Waals surface area contributed by atoms with Gasteiger partial charge in [0.05, 0.1) is 17.9 Å². The molecule has 2 heterocycles. The first-order valence-electron chi connectivity index (χ1n) is 12.4. The van der Waals surface area contributed by atoms with Gasteiger partial charge in [-0.25, -0.2) is 9.37 Å². The highest BCUT2D eigenvalue weighted by atomic mass is 19.4. The number of aromatic nitrogens is 2. The van der Waals surface area contributed by atoms with E-state index in [4.69, 9.17) is 5.73 Å². The van der Waals surface area contributed by atoms with Gasteiger partial charge in [0.25, 0.3) is 5.91 Å². The lowest BCUT2D eigenvalue weighted by atomic mass is 9.95. The summed E-state index contributed by atoms with van der Waals surface area (Å²) in [4.78, 5) is 54.9. The number of benzene rings is 1. The highest BCUT2D eigenvalue weighted by Gasteiger charge is 2.38. The molecule has 10 nitrogen and oxygen atoms in total. The zero-order valence-corrected chi connectivity index (χ0v) is 20.7. The maximum Gasteiger partial charge on any atom is 0.522 e. The van der Waals surface area contributed by atoms with Crippen LogP contribution in [0.15, 0.2) is 30.5 Å². The van der Waals surface area contributed by atoms with Crippen molar-refractivity contribution in [1.82, 2.24) is 20.2 Å². The number of nitrogens with zero attached hydrogens (tertiary/aromatic N) is 2. The lowest BCUT2D eigenvalue weighted by Crippen LogP contribution is -2.47. The molecule has 0 unspecified atom stereocenters. The van der Waals surface area contributed by atoms with Crippen LogP contribution < -0.4 is 16.4 Å². The largest absolute Gasteiger partial charge is 0.522 e. The molecule has 1 saturated carbocycles. The molecule has 0 spiro atoms. The first-order valence-corrected chi connectivity index (χ1v) is 12.4. The fraction of sp³-hybridized carbons (Fsp3) is 0.480. The lowest BCUT2D eigenvalue weighted by molar-refractivity contribution is -0.321. The predicted molar refractivity (Wildman–Crippen MR) is 127 cm³/mol. The van der Waals surface area contributed by atoms with Crippen molar-refractivity contribution in [3.8, 4) is 11.3 Å². The summed E-state index contributed by atoms with van der Waals surface area (Å²) in [6.07, 6.45) is -1.82. The Labute approximate surface area is 220 Å². The highest BCUT2D eigenvalue weighted by Crippen LogP contribution is 2.39. The number of hydrogen-bond donors (Lipinski definition) is 3. The first-order chi connectivity index (χ1) is 18.4. The average Bonchev–Trinajstić information content (AvgIpc) is 3.44. The zero-order valence-electron chi connectivity index (χ0n) is 20.7. The molecule has 3 amide bonds. The van der Waals surface area contributed by atoms with Crippen LogP contribution in [0.3, 0.4) is 0 Å². The Kier molecular flexibility index (Phi) is 8.33. The Balaban J connectivity index is 1.66. The van der Waals surface area contributed by atoms with Crippen LogP contribution in [0, 0.1) is 17.7 Å². The highest BCUT2D eigenvalue weighted by molar-refractivity contribution is 5.94. The molecule has 4 rings (SSSR count). The molecule has 2 aromatic rings. The number of carbonyl (C=O) groups excluding carboxylic acids is 4. The van der Waals surface area contributed by atoms with Crippen molar-refractivity contribution in [2.75, 3.05) is 13.2 Å². The van der Waals surface area contributed by atoms with Gasteiger partial charge in [-0.2, -0.15) is 0 Å². The second-order valence-electron chi connectivity index (χ2n) is 9.68. The Morgan fingerprint density at radius 1 is 1.15 bits per heavy atom. The summed E-state index contributed by atoms with van der Waals surface area (Å²) >= 11 is 0. The summed E-state index contributed by atoms with van der Waals surface area (Å²) in [6.45, 7) is -1.02. The van der Waals surface area contributed by atoms with Gasteiger partial charge >= 0.3 is 6.36 Å². The van der Waals surface area contributed by atoms with Crippen LogP contribution in [0.4, 0.5) is 17.6 Å². The molecule has 210 valence electrons. The van der Waals surface area contributed by atoms with Crippen molar-refractivity contribution in [2.45, 2.75) is 50.6 Å². The first kappa shape index (κ1) is 28.2. The Morgan fingerprint density at radius 3 is 2.41 bits per heavy atom. The molecule has 3 atom stereocenters. The molecule has 2 fully saturated rings. The number of amides is 3. The number of nitrogens with two attached hydrogens (primary N) is 1. The van der Waals surface area contributed by atoms with Gasteiger partial charge in [-0.05, 0) is 55.0 Å². The molecule has 1 aliphatic carbocycles. The maximum atomic E-state index is 13.7. The number of primary amides is 1. The van der Waals surface area contributed by atoms with E-state index in [9.17, 15) is 36.7 Å². The van der Waals surface area contributed by atoms with E-state index in [1.54, 1.807) is 0 Å². The van der Waals surface area contributed by atoms with Crippen molar-refractivity contribution in [2.24, 2.45) is 17.6 Å². The van der Waals surface area contributed by atoms with E-state index in [2.05, 4.69) is 20.4 Å². The van der Waals surface area contributed by atoms with Crippen LogP contribution in [0.5, 0.6) is 0 Å². The van der Waals surface area contributed by atoms with Crippen LogP contribution in [-0.2, 0) is 19.1 Å². The topological polar surface area (TPSA) is 145 Å². The van der Waals surface area contributed by atoms with E-state index in [1.807, 2.05) is 0 Å². The molecule has 2 aliphatic rings. The third kappa shape index (κ3) is 7.19. The SMILES string of the molecule is NC(=O)c1ncc(-c2ccc(F)cc2)n1[C@@H](CC1CC1)C(=O)N[C@@H](C[C@@H]1CCNC1=O)C(=O)COC(F)(F)F. The smallest absolute Gasteiger partial charge is 0.363 e. The summed E-state index contributed by atoms with van der Waals surface area (Å²) in [6, 6.07) is 2.64. The van der Waals surface area contributed by atoms with Crippen LogP contribution in [0.1, 0.15) is 48.8 Å². The number of imidazole rings is 1. The summed E-state index contributed by atoms with van der Waals surface area (Å²) in [5.41, 5.74) is 6.24. The van der Waals surface area contributed by atoms with E-state index < -0.39 is 54.4 Å². The second-order valence-corrected chi connectivity index (χ2v) is 9.68. The minimum Gasteiger partial charge on any atom is -0.363 e. The molecule has 14 heteroatoms. The van der Waals surface area contributed by atoms with E-state index >= 15 is 0 Å². The van der Waals surface area contributed by atoms with Gasteiger partial charge in [-0.15, -0.1) is 13.2 Å². The van der Waals surface area contributed by atoms with Gasteiger partial charge in [0, 0.05) is 12.5 Å². The monoisotopic (exact) mass is 553 g/mol. The average molecular weight is 554 g/mol. The number of alkyl halides is 3. The standard InChI is InChI=1S/C25H27F4N5O5/c26-16-5-3-14(4-6-16)19-11-32-22(21(30)36)34(19)18(9-13-1-2-13)24(38)33-17(10-15-7-8-31-23(15)37)20(35)12-39-25(27,28)29/h3-6,11,13,15,17-18H,1-2,7-10,12H2,(H2,30,36)(H,31,37)(H,33,38)/t15-,17-,18-/m0/s1. The molecular weight excluding hydrogens is 526 g/mol. The Morgan fingerprint density at radius 2 is 1.85 bits per heavy atom. The van der Waals surface area contributed by atoms with Gasteiger partial charge < -0.3 is 20.9 Å². The quantitative estimate of drug-likeness (QED) is 0.344. The number of ether oxygens (including phenoxy) is 1. The zero-order chi connectivity index (χ0) is 28.3. The van der Waals surface area contributed by atoms with Crippen LogP contribution in [0.2, 0.25) is 0 Å². The summed E-state index contributed by atoms with van der Waals surface area (Å²) in [5, 5.41) is 5.09. The number of hydrogen-bond acceptors (Lipinski definition) is 6. The second kappa shape index (κ2) is 11.5. The lowest BCUT2D eigenvalue weighted by Gasteiger charge is -2.26. The van der Waals surface area contributed by atoms with Crippen molar-refractivity contribution in [3.63, 3.8) is 0 Å². The Hall–Kier alpha value is -3.81. The molecule has 1 aliphatic heterocycles. The van der Waals surface area contributed by atoms with Crippen LogP contribution in [-0.4, -0.2) is 58.6 Å². The third-order valence-corrected chi connectivity index (χ3v) is 6.79. The van der Waals surface area contributed by atoms with Crippen molar-refractivity contribution in [1.29, 1.82) is 0 Å². The minimum atomic E-state index is -5.07. The number of nitrogens with one attached hydrogen (secondary N) is 2. The number of Topliss-reactive ketones (excluding diaryl/α,β-unsaturated/α-hetero) is 1. The Bertz CT molecular complexity index is 1240. The van der Waals surface area contributed by atoms with E-state index in [-0.39, 0.29) is 36.2 Å². The van der Waals surface area contributed by atoms with Gasteiger partial charge in [0.15, 0.2) is 11.6 Å². The van der Waals surface area contributed by atoms with E-state index in [1.165, 1.54) is 35.0 Å². The predicted octanol–water partition coefficient (Wildman–Crippen LogP) is 2.25. The van der Waals surface area contributed by atoms with E-state index in [0.717, 1.165) is 12.8 Å². The van der Waals surface area contributed by atoms with Gasteiger partial charge in [-0.3, -0.25) is 23.9 Å². The van der Waals surface area contributed by atoms with Crippen LogP contribution >= 0.6 is 0 Å². The molecule has 1 saturated heterocycles. The normalized spacial score (nSPS) is 18.9. The number of carbonyl (C=O) groups is 4.